The van der Waals surface area contributed by atoms with E-state index in [-0.39, 0.29) is 23.7 Å². The summed E-state index contributed by atoms with van der Waals surface area (Å²) in [5, 5.41) is 3.32. The molecule has 0 aromatic carbocycles. The Morgan fingerprint density at radius 1 is 1.21 bits per heavy atom. The Hall–Kier alpha value is -0.900. The molecule has 2 rings (SSSR count). The van der Waals surface area contributed by atoms with Crippen LogP contribution in [0.5, 0.6) is 0 Å². The Bertz CT molecular complexity index is 330. The third-order valence-corrected chi connectivity index (χ3v) is 4.52. The average Bonchev–Trinajstić information content (AvgIpc) is 2.88. The number of nitrogens with one attached hydrogen (secondary N) is 1. The van der Waals surface area contributed by atoms with Crippen LogP contribution in [0, 0.1) is 17.8 Å². The van der Waals surface area contributed by atoms with Gasteiger partial charge in [0.2, 0.25) is 11.8 Å². The molecule has 2 atom stereocenters. The molecule has 0 aromatic rings. The highest BCUT2D eigenvalue weighted by Crippen LogP contribution is 2.44. The Morgan fingerprint density at radius 2 is 1.79 bits per heavy atom. The zero-order valence-corrected chi connectivity index (χ0v) is 12.3. The molecule has 108 valence electrons. The molecule has 1 saturated heterocycles. The smallest absolute Gasteiger partial charge is 0.233 e. The summed E-state index contributed by atoms with van der Waals surface area (Å²) in [6, 6.07) is 0.453. The summed E-state index contributed by atoms with van der Waals surface area (Å²) in [6.07, 6.45) is 3.79. The largest absolute Gasteiger partial charge is 0.314 e. The lowest BCUT2D eigenvalue weighted by molar-refractivity contribution is -0.140. The molecule has 0 spiro atoms. The molecule has 1 saturated carbocycles. The highest BCUT2D eigenvalue weighted by Gasteiger charge is 2.51. The summed E-state index contributed by atoms with van der Waals surface area (Å²) in [7, 11) is 0. The summed E-state index contributed by atoms with van der Waals surface area (Å²) < 4.78 is 0. The minimum atomic E-state index is -0.00416. The van der Waals surface area contributed by atoms with Crippen molar-refractivity contribution in [3.8, 4) is 0 Å². The molecule has 0 aromatic heterocycles. The fraction of sp³-hybridized carbons (Fsp3) is 0.867. The molecular formula is C15H26N2O2. The standard InChI is InChI=1S/C15H26N2O2/c1-4-11-8-12-13(9-11)15(19)17(14(12)18)7-5-6-16-10(2)3/h10-13,16H,4-9H2,1-3H3. The van der Waals surface area contributed by atoms with Gasteiger partial charge in [-0.05, 0) is 31.7 Å². The molecule has 1 heterocycles. The fourth-order valence-electron chi connectivity index (χ4n) is 3.38. The van der Waals surface area contributed by atoms with E-state index in [1.807, 2.05) is 0 Å². The van der Waals surface area contributed by atoms with Crippen molar-refractivity contribution in [1.29, 1.82) is 0 Å². The molecule has 19 heavy (non-hydrogen) atoms. The van der Waals surface area contributed by atoms with Crippen LogP contribution in [0.15, 0.2) is 0 Å². The number of likely N-dealkylation sites (tertiary alicyclic amines) is 1. The molecule has 2 aliphatic rings. The van der Waals surface area contributed by atoms with Gasteiger partial charge < -0.3 is 5.32 Å². The van der Waals surface area contributed by atoms with E-state index in [0.717, 1.165) is 32.2 Å². The number of hydrogen-bond acceptors (Lipinski definition) is 3. The van der Waals surface area contributed by atoms with Crippen LogP contribution in [0.4, 0.5) is 0 Å². The quantitative estimate of drug-likeness (QED) is 0.589. The van der Waals surface area contributed by atoms with Crippen molar-refractivity contribution in [2.75, 3.05) is 13.1 Å². The number of amides is 2. The molecule has 1 aliphatic heterocycles. The summed E-state index contributed by atoms with van der Waals surface area (Å²) in [4.78, 5) is 26.1. The van der Waals surface area contributed by atoms with E-state index < -0.39 is 0 Å². The van der Waals surface area contributed by atoms with E-state index in [2.05, 4.69) is 26.1 Å². The van der Waals surface area contributed by atoms with Gasteiger partial charge >= 0.3 is 0 Å². The maximum atomic E-state index is 12.3. The summed E-state index contributed by atoms with van der Waals surface area (Å²) in [6.45, 7) is 7.79. The van der Waals surface area contributed by atoms with Crippen LogP contribution in [0.1, 0.15) is 46.5 Å². The van der Waals surface area contributed by atoms with Gasteiger partial charge in [0.25, 0.3) is 0 Å². The van der Waals surface area contributed by atoms with Gasteiger partial charge in [0.1, 0.15) is 0 Å². The first-order chi connectivity index (χ1) is 9.04. The molecule has 0 radical (unpaired) electrons. The van der Waals surface area contributed by atoms with Crippen LogP contribution >= 0.6 is 0 Å². The predicted octanol–water partition coefficient (Wildman–Crippen LogP) is 1.80. The van der Waals surface area contributed by atoms with Gasteiger partial charge in [-0.1, -0.05) is 27.2 Å². The molecule has 2 amide bonds. The van der Waals surface area contributed by atoms with Crippen molar-refractivity contribution in [3.05, 3.63) is 0 Å². The third kappa shape index (κ3) is 2.99. The van der Waals surface area contributed by atoms with Gasteiger partial charge in [0, 0.05) is 12.6 Å². The van der Waals surface area contributed by atoms with Crippen molar-refractivity contribution < 1.29 is 9.59 Å². The monoisotopic (exact) mass is 266 g/mol. The maximum Gasteiger partial charge on any atom is 0.233 e. The Kier molecular flexibility index (Phi) is 4.61. The van der Waals surface area contributed by atoms with Crippen molar-refractivity contribution in [2.45, 2.75) is 52.5 Å². The van der Waals surface area contributed by atoms with Crippen LogP contribution in [-0.2, 0) is 9.59 Å². The van der Waals surface area contributed by atoms with Gasteiger partial charge in [-0.25, -0.2) is 0 Å². The fourth-order valence-corrected chi connectivity index (χ4v) is 3.38. The van der Waals surface area contributed by atoms with E-state index >= 15 is 0 Å². The first-order valence-electron chi connectivity index (χ1n) is 7.63. The van der Waals surface area contributed by atoms with Gasteiger partial charge in [-0.15, -0.1) is 0 Å². The van der Waals surface area contributed by atoms with Crippen molar-refractivity contribution in [2.24, 2.45) is 17.8 Å². The van der Waals surface area contributed by atoms with Crippen LogP contribution in [0.25, 0.3) is 0 Å². The summed E-state index contributed by atoms with van der Waals surface area (Å²) in [5.74, 6) is 0.754. The molecular weight excluding hydrogens is 240 g/mol. The second-order valence-electron chi connectivity index (χ2n) is 6.25. The number of nitrogens with zero attached hydrogens (tertiary/aromatic N) is 1. The zero-order chi connectivity index (χ0) is 14.0. The number of rotatable bonds is 6. The van der Waals surface area contributed by atoms with E-state index in [0.29, 0.717) is 18.5 Å². The zero-order valence-electron chi connectivity index (χ0n) is 12.3. The van der Waals surface area contributed by atoms with Gasteiger partial charge in [-0.3, -0.25) is 14.5 Å². The maximum absolute atomic E-state index is 12.3. The Balaban J connectivity index is 1.84. The van der Waals surface area contributed by atoms with E-state index in [1.54, 1.807) is 0 Å². The van der Waals surface area contributed by atoms with Crippen LogP contribution < -0.4 is 5.32 Å². The lowest BCUT2D eigenvalue weighted by Gasteiger charge is -2.18. The number of hydrogen-bond donors (Lipinski definition) is 1. The Labute approximate surface area is 115 Å². The minimum absolute atomic E-state index is 0.00416. The second kappa shape index (κ2) is 6.04. The minimum Gasteiger partial charge on any atom is -0.314 e. The van der Waals surface area contributed by atoms with Gasteiger partial charge in [0.05, 0.1) is 11.8 Å². The highest BCUT2D eigenvalue weighted by atomic mass is 16.2. The topological polar surface area (TPSA) is 49.4 Å². The summed E-state index contributed by atoms with van der Waals surface area (Å²) >= 11 is 0. The van der Waals surface area contributed by atoms with Gasteiger partial charge in [0.15, 0.2) is 0 Å². The number of carbonyl (C=O) groups excluding carboxylic acids is 2. The molecule has 2 unspecified atom stereocenters. The lowest BCUT2D eigenvalue weighted by Crippen LogP contribution is -2.35. The SMILES string of the molecule is CCC1CC2C(=O)N(CCCNC(C)C)C(=O)C2C1. The van der Waals surface area contributed by atoms with Crippen molar-refractivity contribution in [3.63, 3.8) is 0 Å². The van der Waals surface area contributed by atoms with E-state index in [4.69, 9.17) is 0 Å². The normalized spacial score (nSPS) is 30.5. The first-order valence-corrected chi connectivity index (χ1v) is 7.63. The van der Waals surface area contributed by atoms with Crippen LogP contribution in [0.3, 0.4) is 0 Å². The summed E-state index contributed by atoms with van der Waals surface area (Å²) in [5.41, 5.74) is 0. The van der Waals surface area contributed by atoms with Gasteiger partial charge in [-0.2, -0.15) is 0 Å². The molecule has 4 nitrogen and oxygen atoms in total. The number of carbonyl (C=O) groups is 2. The molecule has 2 fully saturated rings. The predicted molar refractivity (Wildman–Crippen MR) is 74.5 cm³/mol. The third-order valence-electron chi connectivity index (χ3n) is 4.52. The Morgan fingerprint density at radius 3 is 2.26 bits per heavy atom. The van der Waals surface area contributed by atoms with Crippen molar-refractivity contribution in [1.82, 2.24) is 10.2 Å². The number of imide groups is 1. The number of fused-ring (bicyclic) bond motifs is 1. The molecule has 1 aliphatic carbocycles. The van der Waals surface area contributed by atoms with Crippen LogP contribution in [-0.4, -0.2) is 35.8 Å². The first kappa shape index (κ1) is 14.5. The molecule has 0 bridgehead atoms. The molecule has 1 N–H and O–H groups in total. The van der Waals surface area contributed by atoms with Crippen LogP contribution in [0.2, 0.25) is 0 Å². The molecule has 4 heteroatoms. The van der Waals surface area contributed by atoms with E-state index in [1.165, 1.54) is 4.90 Å². The lowest BCUT2D eigenvalue weighted by atomic mass is 10.00. The average molecular weight is 266 g/mol. The highest BCUT2D eigenvalue weighted by molar-refractivity contribution is 6.05. The van der Waals surface area contributed by atoms with Crippen molar-refractivity contribution >= 4 is 11.8 Å². The van der Waals surface area contributed by atoms with E-state index in [9.17, 15) is 9.59 Å². The second-order valence-corrected chi connectivity index (χ2v) is 6.25.